The van der Waals surface area contributed by atoms with Gasteiger partial charge in [0.15, 0.2) is 33.3 Å². The van der Waals surface area contributed by atoms with E-state index in [1.807, 2.05) is 52.0 Å². The summed E-state index contributed by atoms with van der Waals surface area (Å²) in [5.74, 6) is 1.21. The lowest BCUT2D eigenvalue weighted by molar-refractivity contribution is -0.116. The van der Waals surface area contributed by atoms with Crippen LogP contribution < -0.4 is 60.6 Å². The molecule has 6 aromatic rings. The molecule has 0 unspecified atom stereocenters. The Morgan fingerprint density at radius 3 is 1.38 bits per heavy atom. The topological polar surface area (TPSA) is 233 Å². The molecular weight excluding hydrogens is 1160 g/mol. The predicted octanol–water partition coefficient (Wildman–Crippen LogP) is 13.6. The van der Waals surface area contributed by atoms with E-state index in [-0.39, 0.29) is 41.9 Å². The maximum Gasteiger partial charge on any atom is 0.319 e. The van der Waals surface area contributed by atoms with Gasteiger partial charge < -0.3 is 59.8 Å². The Morgan fingerprint density at radius 2 is 0.966 bits per heavy atom. The molecular formula is C65H88N12O9S2. The second-order valence-corrected chi connectivity index (χ2v) is 23.5. The van der Waals surface area contributed by atoms with Crippen molar-refractivity contribution >= 4 is 85.5 Å². The van der Waals surface area contributed by atoms with Gasteiger partial charge >= 0.3 is 12.1 Å². The number of carbonyl (C=O) groups excluding carboxylic acids is 5. The van der Waals surface area contributed by atoms with Crippen LogP contribution in [0.15, 0.2) is 97.3 Å². The first-order valence-electron chi connectivity index (χ1n) is 30.8. The van der Waals surface area contributed by atoms with Crippen LogP contribution in [0.25, 0.3) is 0 Å². The van der Waals surface area contributed by atoms with Crippen LogP contribution in [0.1, 0.15) is 133 Å². The van der Waals surface area contributed by atoms with Gasteiger partial charge in [-0.3, -0.25) is 25.0 Å². The number of ether oxygens (including phenoxy) is 4. The number of hydrogen-bond donors (Lipinski definition) is 6. The van der Waals surface area contributed by atoms with E-state index in [1.165, 1.54) is 94.7 Å². The molecule has 4 aromatic carbocycles. The molecule has 2 saturated heterocycles. The van der Waals surface area contributed by atoms with Gasteiger partial charge in [-0.25, -0.2) is 19.6 Å². The van der Waals surface area contributed by atoms with Crippen molar-refractivity contribution in [3.8, 4) is 33.1 Å². The van der Waals surface area contributed by atoms with Gasteiger partial charge in [-0.15, -0.1) is 0 Å². The summed E-state index contributed by atoms with van der Waals surface area (Å²) in [5.41, 5.74) is 4.04. The summed E-state index contributed by atoms with van der Waals surface area (Å²) in [6, 6.07) is 24.7. The number of likely N-dealkylation sites (tertiary alicyclic amines) is 2. The molecule has 2 aliphatic heterocycles. The molecule has 2 aromatic heterocycles. The Balaban J connectivity index is 0.000000251. The lowest BCUT2D eigenvalue weighted by atomic mass is 10.1. The third kappa shape index (κ3) is 20.8. The van der Waals surface area contributed by atoms with Gasteiger partial charge in [0, 0.05) is 91.2 Å². The molecule has 0 saturated carbocycles. The molecule has 88 heavy (non-hydrogen) atoms. The minimum Gasteiger partial charge on any atom is -0.493 e. The summed E-state index contributed by atoms with van der Waals surface area (Å²) < 4.78 is 22.9. The number of hydrogen-bond acceptors (Lipinski definition) is 16. The average Bonchev–Trinajstić information content (AvgIpc) is 4.40. The van der Waals surface area contributed by atoms with Crippen molar-refractivity contribution in [1.29, 1.82) is 0 Å². The number of rotatable bonds is 28. The molecule has 23 heteroatoms. The molecule has 0 atom stereocenters. The van der Waals surface area contributed by atoms with E-state index < -0.39 is 0 Å². The number of nitrogens with one attached hydrogen (secondary N) is 6. The second kappa shape index (κ2) is 35.1. The third-order valence-electron chi connectivity index (χ3n) is 15.5. The number of aromatic nitrogens is 2. The van der Waals surface area contributed by atoms with E-state index in [0.717, 1.165) is 82.7 Å². The highest BCUT2D eigenvalue weighted by atomic mass is 32.1. The monoisotopic (exact) mass is 1240 g/mol. The van der Waals surface area contributed by atoms with E-state index in [9.17, 15) is 24.0 Å². The van der Waals surface area contributed by atoms with Gasteiger partial charge in [0.1, 0.15) is 0 Å². The fraction of sp³-hybridized carbons (Fsp3) is 0.462. The van der Waals surface area contributed by atoms with Gasteiger partial charge in [0.2, 0.25) is 16.0 Å². The van der Waals surface area contributed by atoms with Crippen molar-refractivity contribution in [2.45, 2.75) is 124 Å². The summed E-state index contributed by atoms with van der Waals surface area (Å²) in [6.45, 7) is 21.0. The molecule has 6 N–H and O–H groups in total. The number of piperidine rings is 2. The summed E-state index contributed by atoms with van der Waals surface area (Å²) in [7, 11) is 3.05. The summed E-state index contributed by atoms with van der Waals surface area (Å²) >= 11 is 2.39. The first-order chi connectivity index (χ1) is 42.7. The van der Waals surface area contributed by atoms with Crippen molar-refractivity contribution in [3.05, 3.63) is 108 Å². The molecule has 474 valence electrons. The maximum absolute atomic E-state index is 12.9. The molecule has 0 spiro atoms. The Bertz CT molecular complexity index is 3160. The third-order valence-corrected chi connectivity index (χ3v) is 17.0. The quantitative estimate of drug-likeness (QED) is 0.0268. The minimum atomic E-state index is -0.320. The number of thiazole rings is 2. The van der Waals surface area contributed by atoms with Crippen LogP contribution in [0.3, 0.4) is 0 Å². The largest absolute Gasteiger partial charge is 0.493 e. The van der Waals surface area contributed by atoms with E-state index in [4.69, 9.17) is 18.9 Å². The Kier molecular flexibility index (Phi) is 26.9. The Morgan fingerprint density at radius 1 is 0.534 bits per heavy atom. The Hall–Kier alpha value is -7.99. The zero-order valence-electron chi connectivity index (χ0n) is 52.2. The number of carbonyl (C=O) groups is 5. The fourth-order valence-corrected chi connectivity index (χ4v) is 11.6. The first-order valence-corrected chi connectivity index (χ1v) is 32.4. The van der Waals surface area contributed by atoms with Crippen LogP contribution in [-0.4, -0.2) is 135 Å². The highest BCUT2D eigenvalue weighted by molar-refractivity contribution is 7.17. The van der Waals surface area contributed by atoms with Crippen molar-refractivity contribution in [1.82, 2.24) is 30.4 Å². The summed E-state index contributed by atoms with van der Waals surface area (Å²) in [5, 5.41) is 18.9. The fourth-order valence-electron chi connectivity index (χ4n) is 10.3. The minimum absolute atomic E-state index is 0.0281. The summed E-state index contributed by atoms with van der Waals surface area (Å²) in [6.07, 6.45) is 15.3. The molecule has 2 aliphatic rings. The van der Waals surface area contributed by atoms with E-state index in [2.05, 4.69) is 63.5 Å². The molecule has 0 radical (unpaired) electrons. The molecule has 4 heterocycles. The van der Waals surface area contributed by atoms with Crippen LogP contribution in [0.5, 0.6) is 33.1 Å². The second-order valence-electron chi connectivity index (χ2n) is 21.5. The SMILES string of the molecule is CCC(CC)NC(=O)Nc1ccc(Oc2cnc(NC(=O)c3ccc(N(CC)CCCN4CCCCC4)cc3)s2)c(OC)c1.CCC(CC)NC(=O)Nc1ccc(Oc2cnc(NC(=O)c3ccc(N(CCN4CCCCC4)C(C)=O)cc3)s2)c(OC)c1. The highest BCUT2D eigenvalue weighted by Crippen LogP contribution is 2.39. The highest BCUT2D eigenvalue weighted by Gasteiger charge is 2.20. The van der Waals surface area contributed by atoms with Gasteiger partial charge in [-0.05, 0) is 170 Å². The predicted molar refractivity (Wildman–Crippen MR) is 353 cm³/mol. The van der Waals surface area contributed by atoms with Crippen LogP contribution in [0.4, 0.5) is 42.6 Å². The number of nitrogens with zero attached hydrogens (tertiary/aromatic N) is 6. The van der Waals surface area contributed by atoms with Crippen LogP contribution in [0, 0.1) is 0 Å². The van der Waals surface area contributed by atoms with Gasteiger partial charge in [0.05, 0.1) is 26.6 Å². The zero-order chi connectivity index (χ0) is 62.8. The molecule has 0 aliphatic carbocycles. The van der Waals surface area contributed by atoms with Crippen molar-refractivity contribution in [2.75, 3.05) is 104 Å². The lowest BCUT2D eigenvalue weighted by Crippen LogP contribution is -2.39. The standard InChI is InChI=1S/C33H46N6O4S.C32H42N6O5S/c1-5-25(6-2)35-32(41)36-26-14-17-28(29(22-26)42-4)43-30-23-34-33(44-30)37-31(40)24-12-15-27(16-13-24)39(7-3)21-11-20-38-18-9-8-10-19-38;1-5-24(6-2)34-31(41)35-25-12-15-27(28(20-25)42-4)43-29-21-33-32(44-29)36-30(40)23-10-13-26(14-11-23)38(22(3)39)19-18-37-16-8-7-9-17-37/h12-17,22-23,25H,5-11,18-21H2,1-4H3,(H,34,37,40)(H2,35,36,41);10-15,20-21,24H,5-9,16-19H2,1-4H3,(H,33,36,40)(H2,34,35,41). The van der Waals surface area contributed by atoms with Gasteiger partial charge in [0.25, 0.3) is 11.8 Å². The van der Waals surface area contributed by atoms with Crippen LogP contribution in [0.2, 0.25) is 0 Å². The molecule has 7 amide bonds. The number of amides is 7. The molecule has 0 bridgehead atoms. The maximum atomic E-state index is 12.9. The number of benzene rings is 4. The molecule has 2 fully saturated rings. The average molecular weight is 1250 g/mol. The van der Waals surface area contributed by atoms with E-state index in [0.29, 0.717) is 72.4 Å². The number of methoxy groups -OCH3 is 2. The molecule has 21 nitrogen and oxygen atoms in total. The van der Waals surface area contributed by atoms with Crippen LogP contribution >= 0.6 is 22.7 Å². The smallest absolute Gasteiger partial charge is 0.319 e. The lowest BCUT2D eigenvalue weighted by Gasteiger charge is -2.29. The molecule has 8 rings (SSSR count). The Labute approximate surface area is 526 Å². The van der Waals surface area contributed by atoms with Crippen LogP contribution in [-0.2, 0) is 4.79 Å². The number of urea groups is 2. The van der Waals surface area contributed by atoms with Gasteiger partial charge in [-0.2, -0.15) is 0 Å². The van der Waals surface area contributed by atoms with Gasteiger partial charge in [-0.1, -0.05) is 63.2 Å². The van der Waals surface area contributed by atoms with E-state index in [1.54, 1.807) is 78.7 Å². The van der Waals surface area contributed by atoms with Crippen molar-refractivity contribution in [2.24, 2.45) is 0 Å². The summed E-state index contributed by atoms with van der Waals surface area (Å²) in [4.78, 5) is 80.5. The normalized spacial score (nSPS) is 13.3. The number of anilines is 6. The van der Waals surface area contributed by atoms with Crippen molar-refractivity contribution in [3.63, 3.8) is 0 Å². The van der Waals surface area contributed by atoms with E-state index >= 15 is 0 Å². The van der Waals surface area contributed by atoms with Crippen molar-refractivity contribution < 1.29 is 42.9 Å². The first kappa shape index (κ1) is 67.5. The zero-order valence-corrected chi connectivity index (χ0v) is 53.8.